The molecule has 1 saturated heterocycles. The number of morpholine rings is 1. The fourth-order valence-corrected chi connectivity index (χ4v) is 3.58. The number of hydrogen-bond acceptors (Lipinski definition) is 3. The molecule has 1 heterocycles. The number of benzene rings is 1. The van der Waals surface area contributed by atoms with Crippen LogP contribution in [0.3, 0.4) is 0 Å². The molecule has 1 aromatic rings. The third-order valence-corrected chi connectivity index (χ3v) is 5.21. The molecule has 122 valence electrons. The van der Waals surface area contributed by atoms with Gasteiger partial charge < -0.3 is 15.0 Å². The van der Waals surface area contributed by atoms with Gasteiger partial charge in [0.25, 0.3) is 0 Å². The lowest BCUT2D eigenvalue weighted by atomic mass is 10.3. The van der Waals surface area contributed by atoms with E-state index in [0.29, 0.717) is 22.3 Å². The molecule has 7 heteroatoms. The Morgan fingerprint density at radius 2 is 2.09 bits per heavy atom. The van der Waals surface area contributed by atoms with E-state index in [2.05, 4.69) is 5.32 Å². The number of carbonyl (C=O) groups excluding carboxylic acids is 1. The Balaban J connectivity index is 1.60. The summed E-state index contributed by atoms with van der Waals surface area (Å²) in [7, 11) is 0. The molecule has 22 heavy (non-hydrogen) atoms. The lowest BCUT2D eigenvalue weighted by Crippen LogP contribution is -3.14. The van der Waals surface area contributed by atoms with E-state index in [1.165, 1.54) is 11.8 Å². The zero-order chi connectivity index (χ0) is 15.8. The Labute approximate surface area is 145 Å². The number of hydrogen-bond donors (Lipinski definition) is 2. The normalized spacial score (nSPS) is 15.7. The van der Waals surface area contributed by atoms with E-state index in [1.54, 1.807) is 23.1 Å². The second kappa shape index (κ2) is 9.63. The first-order valence-corrected chi connectivity index (χ1v) is 9.15. The molecule has 0 saturated carbocycles. The molecule has 1 amide bonds. The highest BCUT2D eigenvalue weighted by atomic mass is 35.5. The average Bonchev–Trinajstić information content (AvgIpc) is 2.53. The molecule has 4 nitrogen and oxygen atoms in total. The Hall–Kier alpha value is -0.460. The van der Waals surface area contributed by atoms with Crippen LogP contribution in [0.2, 0.25) is 10.0 Å². The van der Waals surface area contributed by atoms with Crippen LogP contribution in [-0.2, 0) is 9.53 Å². The molecule has 2 rings (SSSR count). The van der Waals surface area contributed by atoms with Gasteiger partial charge in [0.2, 0.25) is 5.91 Å². The average molecular weight is 364 g/mol. The van der Waals surface area contributed by atoms with Crippen LogP contribution in [0.5, 0.6) is 0 Å². The van der Waals surface area contributed by atoms with Crippen molar-refractivity contribution in [3.8, 4) is 0 Å². The molecular weight excluding hydrogens is 343 g/mol. The number of thioether (sulfide) groups is 1. The van der Waals surface area contributed by atoms with Crippen LogP contribution >= 0.6 is 35.0 Å². The lowest BCUT2D eigenvalue weighted by Gasteiger charge is -2.23. The molecule has 0 atom stereocenters. The largest absolute Gasteiger partial charge is 0.370 e. The van der Waals surface area contributed by atoms with Gasteiger partial charge in [0, 0.05) is 22.9 Å². The third-order valence-electron chi connectivity index (χ3n) is 3.48. The van der Waals surface area contributed by atoms with Crippen LogP contribution in [0.25, 0.3) is 0 Å². The van der Waals surface area contributed by atoms with Crippen molar-refractivity contribution >= 4 is 40.9 Å². The molecule has 2 N–H and O–H groups in total. The van der Waals surface area contributed by atoms with E-state index >= 15 is 0 Å². The molecule has 1 fully saturated rings. The second-order valence-corrected chi connectivity index (χ2v) is 7.04. The fraction of sp³-hybridized carbons (Fsp3) is 0.533. The predicted octanol–water partition coefficient (Wildman–Crippen LogP) is 1.51. The minimum atomic E-state index is 0.0259. The first kappa shape index (κ1) is 17.9. The number of amides is 1. The topological polar surface area (TPSA) is 42.8 Å². The highest BCUT2D eigenvalue weighted by Crippen LogP contribution is 2.29. The van der Waals surface area contributed by atoms with Crippen LogP contribution in [-0.4, -0.2) is 51.1 Å². The lowest BCUT2D eigenvalue weighted by molar-refractivity contribution is -0.908. The Morgan fingerprint density at radius 3 is 2.86 bits per heavy atom. The van der Waals surface area contributed by atoms with E-state index < -0.39 is 0 Å². The summed E-state index contributed by atoms with van der Waals surface area (Å²) >= 11 is 13.4. The maximum atomic E-state index is 11.8. The molecule has 1 aliphatic heterocycles. The van der Waals surface area contributed by atoms with E-state index in [9.17, 15) is 4.79 Å². The van der Waals surface area contributed by atoms with Crippen molar-refractivity contribution in [1.29, 1.82) is 0 Å². The van der Waals surface area contributed by atoms with Crippen LogP contribution in [0.15, 0.2) is 23.1 Å². The van der Waals surface area contributed by atoms with Gasteiger partial charge in [-0.15, -0.1) is 11.8 Å². The number of carbonyl (C=O) groups is 1. The van der Waals surface area contributed by atoms with E-state index in [1.807, 2.05) is 0 Å². The van der Waals surface area contributed by atoms with Gasteiger partial charge in [-0.25, -0.2) is 0 Å². The molecule has 0 radical (unpaired) electrons. The van der Waals surface area contributed by atoms with E-state index in [4.69, 9.17) is 27.9 Å². The zero-order valence-electron chi connectivity index (χ0n) is 12.4. The highest BCUT2D eigenvalue weighted by Gasteiger charge is 2.13. The van der Waals surface area contributed by atoms with Crippen molar-refractivity contribution in [1.82, 2.24) is 5.32 Å². The maximum absolute atomic E-state index is 11.8. The van der Waals surface area contributed by atoms with Gasteiger partial charge in [-0.1, -0.05) is 23.2 Å². The molecular formula is C15H21Cl2N2O2S+. The van der Waals surface area contributed by atoms with Gasteiger partial charge >= 0.3 is 0 Å². The first-order valence-electron chi connectivity index (χ1n) is 7.41. The maximum Gasteiger partial charge on any atom is 0.230 e. The monoisotopic (exact) mass is 363 g/mol. The molecule has 1 aromatic carbocycles. The standard InChI is InChI=1S/C15H20Cl2N2O2S/c16-12-2-3-13(17)14(10-12)22-11-15(20)18-4-1-5-19-6-8-21-9-7-19/h2-3,10H,1,4-9,11H2,(H,18,20)/p+1. The zero-order valence-corrected chi connectivity index (χ0v) is 14.7. The SMILES string of the molecule is O=C(CSc1cc(Cl)ccc1Cl)NCCC[NH+]1CCOCC1. The highest BCUT2D eigenvalue weighted by molar-refractivity contribution is 8.00. The van der Waals surface area contributed by atoms with Crippen molar-refractivity contribution in [3.63, 3.8) is 0 Å². The molecule has 0 bridgehead atoms. The molecule has 0 spiro atoms. The van der Waals surface area contributed by atoms with E-state index in [-0.39, 0.29) is 5.91 Å². The summed E-state index contributed by atoms with van der Waals surface area (Å²) in [6.45, 7) is 5.62. The van der Waals surface area contributed by atoms with Crippen molar-refractivity contribution in [2.24, 2.45) is 0 Å². The Morgan fingerprint density at radius 1 is 1.32 bits per heavy atom. The summed E-state index contributed by atoms with van der Waals surface area (Å²) in [5.41, 5.74) is 0. The summed E-state index contributed by atoms with van der Waals surface area (Å²) in [6.07, 6.45) is 0.990. The number of quaternary nitrogens is 1. The van der Waals surface area contributed by atoms with Gasteiger partial charge in [0.1, 0.15) is 13.1 Å². The number of halogens is 2. The first-order chi connectivity index (χ1) is 10.6. The van der Waals surface area contributed by atoms with Crippen LogP contribution in [0, 0.1) is 0 Å². The summed E-state index contributed by atoms with van der Waals surface area (Å²) < 4.78 is 5.32. The molecule has 0 aliphatic carbocycles. The summed E-state index contributed by atoms with van der Waals surface area (Å²) in [4.78, 5) is 14.2. The molecule has 0 aromatic heterocycles. The fourth-order valence-electron chi connectivity index (χ4n) is 2.26. The van der Waals surface area contributed by atoms with Crippen molar-refractivity contribution in [2.45, 2.75) is 11.3 Å². The van der Waals surface area contributed by atoms with Crippen LogP contribution < -0.4 is 10.2 Å². The quantitative estimate of drug-likeness (QED) is 0.569. The number of nitrogens with one attached hydrogen (secondary N) is 2. The van der Waals surface area contributed by atoms with E-state index in [0.717, 1.165) is 44.2 Å². The van der Waals surface area contributed by atoms with Crippen molar-refractivity contribution in [2.75, 3.05) is 45.1 Å². The third kappa shape index (κ3) is 6.34. The summed E-state index contributed by atoms with van der Waals surface area (Å²) in [5, 5.41) is 4.20. The Bertz CT molecular complexity index is 496. The van der Waals surface area contributed by atoms with Crippen LogP contribution in [0.1, 0.15) is 6.42 Å². The van der Waals surface area contributed by atoms with Gasteiger partial charge in [-0.05, 0) is 18.2 Å². The van der Waals surface area contributed by atoms with Crippen molar-refractivity contribution in [3.05, 3.63) is 28.2 Å². The van der Waals surface area contributed by atoms with Gasteiger partial charge in [0.05, 0.1) is 30.5 Å². The van der Waals surface area contributed by atoms with Gasteiger partial charge in [-0.3, -0.25) is 4.79 Å². The number of rotatable bonds is 7. The van der Waals surface area contributed by atoms with Gasteiger partial charge in [0.15, 0.2) is 0 Å². The molecule has 1 aliphatic rings. The number of ether oxygens (including phenoxy) is 1. The summed E-state index contributed by atoms with van der Waals surface area (Å²) in [5.74, 6) is 0.378. The summed E-state index contributed by atoms with van der Waals surface area (Å²) in [6, 6.07) is 5.26. The van der Waals surface area contributed by atoms with Gasteiger partial charge in [-0.2, -0.15) is 0 Å². The van der Waals surface area contributed by atoms with Crippen molar-refractivity contribution < 1.29 is 14.4 Å². The minimum absolute atomic E-state index is 0.0259. The minimum Gasteiger partial charge on any atom is -0.370 e. The Kier molecular flexibility index (Phi) is 7.83. The predicted molar refractivity (Wildman–Crippen MR) is 91.2 cm³/mol. The second-order valence-electron chi connectivity index (χ2n) is 5.18. The molecule has 0 unspecified atom stereocenters. The smallest absolute Gasteiger partial charge is 0.230 e. The van der Waals surface area contributed by atoms with Crippen LogP contribution in [0.4, 0.5) is 0 Å².